The molecule has 0 aliphatic rings. The third-order valence-electron chi connectivity index (χ3n) is 3.05. The Labute approximate surface area is 137 Å². The summed E-state index contributed by atoms with van der Waals surface area (Å²) >= 11 is 0. The van der Waals surface area contributed by atoms with Gasteiger partial charge in [0, 0.05) is 11.6 Å². The van der Waals surface area contributed by atoms with Crippen LogP contribution in [0.4, 0.5) is 5.69 Å². The maximum atomic E-state index is 11.7. The summed E-state index contributed by atoms with van der Waals surface area (Å²) in [5.41, 5.74) is 4.59. The molecular weight excluding hydrogens is 294 g/mol. The Balaban J connectivity index is 3.11. The molecule has 0 saturated heterocycles. The topological polar surface area (TPSA) is 56.8 Å². The molecular formula is C18H23NO4. The number of methoxy groups -OCH3 is 1. The Bertz CT molecular complexity index is 618. The van der Waals surface area contributed by atoms with E-state index >= 15 is 0 Å². The van der Waals surface area contributed by atoms with Gasteiger partial charge in [0.15, 0.2) is 17.3 Å². The van der Waals surface area contributed by atoms with Gasteiger partial charge in [0.05, 0.1) is 19.9 Å². The average molecular weight is 317 g/mol. The summed E-state index contributed by atoms with van der Waals surface area (Å²) < 4.78 is 11.1. The number of hydrogen-bond donors (Lipinski definition) is 1. The second-order valence-electron chi connectivity index (χ2n) is 4.67. The minimum absolute atomic E-state index is 0.103. The molecule has 124 valence electrons. The van der Waals surface area contributed by atoms with Gasteiger partial charge in [0.25, 0.3) is 0 Å². The fourth-order valence-electron chi connectivity index (χ4n) is 1.87. The van der Waals surface area contributed by atoms with Crippen LogP contribution in [0.15, 0.2) is 48.6 Å². The van der Waals surface area contributed by atoms with Crippen LogP contribution in [0.1, 0.15) is 24.2 Å². The van der Waals surface area contributed by atoms with Gasteiger partial charge >= 0.3 is 0 Å². The van der Waals surface area contributed by atoms with Crippen molar-refractivity contribution in [2.24, 2.45) is 0 Å². The second kappa shape index (κ2) is 9.48. The zero-order valence-corrected chi connectivity index (χ0v) is 14.0. The normalized spacial score (nSPS) is 11.4. The number of hydrogen-bond acceptors (Lipinski definition) is 5. The second-order valence-corrected chi connectivity index (χ2v) is 4.67. The monoisotopic (exact) mass is 317 g/mol. The molecule has 0 aliphatic heterocycles. The van der Waals surface area contributed by atoms with Crippen LogP contribution in [0.2, 0.25) is 0 Å². The summed E-state index contributed by atoms with van der Waals surface area (Å²) in [6.45, 7) is 7.50. The molecule has 0 fully saturated rings. The Kier molecular flexibility index (Phi) is 7.63. The van der Waals surface area contributed by atoms with E-state index in [-0.39, 0.29) is 5.78 Å². The molecule has 0 spiro atoms. The van der Waals surface area contributed by atoms with Crippen LogP contribution < -0.4 is 15.0 Å². The van der Waals surface area contributed by atoms with Crippen molar-refractivity contribution in [3.05, 3.63) is 54.2 Å². The van der Waals surface area contributed by atoms with Crippen LogP contribution in [0.25, 0.3) is 0 Å². The molecule has 23 heavy (non-hydrogen) atoms. The maximum Gasteiger partial charge on any atom is 0.163 e. The molecule has 0 atom stereocenters. The van der Waals surface area contributed by atoms with Gasteiger partial charge in [0.2, 0.25) is 0 Å². The molecule has 1 rings (SSSR count). The molecule has 1 N–H and O–H groups in total. The van der Waals surface area contributed by atoms with Gasteiger partial charge in [-0.1, -0.05) is 30.9 Å². The number of ketones is 1. The number of allylic oxidation sites excluding steroid dienone is 3. The summed E-state index contributed by atoms with van der Waals surface area (Å²) in [6.07, 6.45) is 7.48. The first-order chi connectivity index (χ1) is 11.1. The van der Waals surface area contributed by atoms with Crippen LogP contribution in [-0.4, -0.2) is 26.6 Å². The molecule has 0 unspecified atom stereocenters. The SMILES string of the molecule is C=C/C(=C\C=C/C)COc1cc(NOC)c(C(C)=O)cc1OC. The molecule has 0 aliphatic carbocycles. The van der Waals surface area contributed by atoms with E-state index in [0.29, 0.717) is 29.4 Å². The number of ether oxygens (including phenoxy) is 2. The van der Waals surface area contributed by atoms with Gasteiger partial charge in [-0.3, -0.25) is 15.1 Å². The standard InChI is InChI=1S/C18H23NO4/c1-6-8-9-14(7-2)12-23-18-11-16(19-22-5)15(13(3)20)10-17(18)21-4/h6-11,19H,2,12H2,1,3-5H3/b8-6-,14-9+. The molecule has 1 aromatic carbocycles. The van der Waals surface area contributed by atoms with E-state index in [1.54, 1.807) is 18.2 Å². The quantitative estimate of drug-likeness (QED) is 0.425. The van der Waals surface area contributed by atoms with E-state index in [2.05, 4.69) is 12.1 Å². The number of anilines is 1. The Hall–Kier alpha value is -2.53. The fourth-order valence-corrected chi connectivity index (χ4v) is 1.87. The highest BCUT2D eigenvalue weighted by Gasteiger charge is 2.15. The van der Waals surface area contributed by atoms with Gasteiger partial charge in [-0.2, -0.15) is 0 Å². The zero-order valence-electron chi connectivity index (χ0n) is 14.0. The Morgan fingerprint density at radius 3 is 2.57 bits per heavy atom. The summed E-state index contributed by atoms with van der Waals surface area (Å²) in [5.74, 6) is 0.880. The fraction of sp³-hybridized carbons (Fsp3) is 0.278. The average Bonchev–Trinajstić information content (AvgIpc) is 2.55. The van der Waals surface area contributed by atoms with E-state index in [9.17, 15) is 4.79 Å². The van der Waals surface area contributed by atoms with Crippen LogP contribution in [0, 0.1) is 0 Å². The molecule has 5 nitrogen and oxygen atoms in total. The van der Waals surface area contributed by atoms with E-state index < -0.39 is 0 Å². The number of Topliss-reactive ketones (excluding diaryl/α,β-unsaturated/α-hetero) is 1. The molecule has 0 radical (unpaired) electrons. The molecule has 0 saturated carbocycles. The minimum Gasteiger partial charge on any atom is -0.493 e. The summed E-state index contributed by atoms with van der Waals surface area (Å²) in [5, 5.41) is 0. The third-order valence-corrected chi connectivity index (χ3v) is 3.05. The van der Waals surface area contributed by atoms with Crippen molar-refractivity contribution < 1.29 is 19.1 Å². The number of carbonyl (C=O) groups is 1. The lowest BCUT2D eigenvalue weighted by Crippen LogP contribution is -2.07. The maximum absolute atomic E-state index is 11.7. The number of nitrogens with one attached hydrogen (secondary N) is 1. The van der Waals surface area contributed by atoms with E-state index in [4.69, 9.17) is 14.3 Å². The van der Waals surface area contributed by atoms with Gasteiger partial charge in [-0.15, -0.1) is 0 Å². The molecule has 0 amide bonds. The van der Waals surface area contributed by atoms with Gasteiger partial charge in [-0.05, 0) is 25.5 Å². The summed E-state index contributed by atoms with van der Waals surface area (Å²) in [7, 11) is 3.00. The number of rotatable bonds is 9. The van der Waals surface area contributed by atoms with Crippen molar-refractivity contribution >= 4 is 11.5 Å². The molecule has 0 bridgehead atoms. The predicted molar refractivity (Wildman–Crippen MR) is 92.2 cm³/mol. The first kappa shape index (κ1) is 18.5. The van der Waals surface area contributed by atoms with E-state index in [0.717, 1.165) is 5.57 Å². The molecule has 5 heteroatoms. The minimum atomic E-state index is -0.103. The first-order valence-electron chi connectivity index (χ1n) is 7.16. The Morgan fingerprint density at radius 1 is 1.30 bits per heavy atom. The van der Waals surface area contributed by atoms with E-state index in [1.165, 1.54) is 21.1 Å². The highest BCUT2D eigenvalue weighted by atomic mass is 16.6. The van der Waals surface area contributed by atoms with Gasteiger partial charge in [-0.25, -0.2) is 0 Å². The van der Waals surface area contributed by atoms with Crippen LogP contribution >= 0.6 is 0 Å². The molecule has 0 heterocycles. The van der Waals surface area contributed by atoms with Crippen LogP contribution in [0.5, 0.6) is 11.5 Å². The molecule has 1 aromatic rings. The number of carbonyl (C=O) groups excluding carboxylic acids is 1. The lowest BCUT2D eigenvalue weighted by atomic mass is 10.1. The number of benzene rings is 1. The zero-order chi connectivity index (χ0) is 17.2. The largest absolute Gasteiger partial charge is 0.493 e. The molecule has 0 aromatic heterocycles. The van der Waals surface area contributed by atoms with Crippen molar-refractivity contribution in [1.82, 2.24) is 0 Å². The van der Waals surface area contributed by atoms with Crippen molar-refractivity contribution in [2.75, 3.05) is 26.3 Å². The third kappa shape index (κ3) is 5.30. The predicted octanol–water partition coefficient (Wildman–Crippen LogP) is 3.94. The van der Waals surface area contributed by atoms with Crippen molar-refractivity contribution in [3.63, 3.8) is 0 Å². The van der Waals surface area contributed by atoms with Crippen LogP contribution in [-0.2, 0) is 4.84 Å². The van der Waals surface area contributed by atoms with Crippen molar-refractivity contribution in [2.45, 2.75) is 13.8 Å². The summed E-state index contributed by atoms with van der Waals surface area (Å²) in [4.78, 5) is 16.6. The first-order valence-corrected chi connectivity index (χ1v) is 7.16. The smallest absolute Gasteiger partial charge is 0.163 e. The highest BCUT2D eigenvalue weighted by molar-refractivity contribution is 6.00. The van der Waals surface area contributed by atoms with Crippen LogP contribution in [0.3, 0.4) is 0 Å². The van der Waals surface area contributed by atoms with Gasteiger partial charge < -0.3 is 9.47 Å². The van der Waals surface area contributed by atoms with E-state index in [1.807, 2.05) is 25.2 Å². The lowest BCUT2D eigenvalue weighted by molar-refractivity contribution is 0.101. The Morgan fingerprint density at radius 2 is 2.04 bits per heavy atom. The van der Waals surface area contributed by atoms with Crippen molar-refractivity contribution in [1.29, 1.82) is 0 Å². The lowest BCUT2D eigenvalue weighted by Gasteiger charge is -2.15. The van der Waals surface area contributed by atoms with Gasteiger partial charge in [0.1, 0.15) is 6.61 Å². The highest BCUT2D eigenvalue weighted by Crippen LogP contribution is 2.34. The summed E-state index contributed by atoms with van der Waals surface area (Å²) in [6, 6.07) is 3.30. The van der Waals surface area contributed by atoms with Crippen molar-refractivity contribution in [3.8, 4) is 11.5 Å².